The van der Waals surface area contributed by atoms with E-state index in [4.69, 9.17) is 0 Å². The van der Waals surface area contributed by atoms with Gasteiger partial charge in [0.15, 0.2) is 0 Å². The summed E-state index contributed by atoms with van der Waals surface area (Å²) in [5.74, 6) is 1.65. The summed E-state index contributed by atoms with van der Waals surface area (Å²) in [7, 11) is 2.68. The number of carbonyl (C=O) groups is 1. The number of thioether (sulfide) groups is 1. The van der Waals surface area contributed by atoms with E-state index in [1.165, 1.54) is 30.6 Å². The molecule has 0 aromatic carbocycles. The second-order valence-electron chi connectivity index (χ2n) is 7.85. The molecule has 0 radical (unpaired) electrons. The van der Waals surface area contributed by atoms with Crippen molar-refractivity contribution in [2.45, 2.75) is 86.0 Å². The highest BCUT2D eigenvalue weighted by molar-refractivity contribution is 8.03. The molecule has 0 saturated heterocycles. The highest BCUT2D eigenvalue weighted by Crippen LogP contribution is 2.32. The maximum Gasteiger partial charge on any atom is 0.230 e. The van der Waals surface area contributed by atoms with E-state index in [1.807, 2.05) is 62.6 Å². The van der Waals surface area contributed by atoms with Gasteiger partial charge in [-0.15, -0.1) is 11.8 Å². The molecule has 0 aromatic heterocycles. The number of allylic oxidation sites excluding steroid dienone is 4. The molecule has 3 aliphatic rings. The largest absolute Gasteiger partial charge is 0.311 e. The van der Waals surface area contributed by atoms with E-state index in [0.717, 1.165) is 56.8 Å². The van der Waals surface area contributed by atoms with Gasteiger partial charge in [-0.1, -0.05) is 58.3 Å². The summed E-state index contributed by atoms with van der Waals surface area (Å²) in [4.78, 5) is 18.4. The van der Waals surface area contributed by atoms with Gasteiger partial charge >= 0.3 is 0 Å². The van der Waals surface area contributed by atoms with Crippen molar-refractivity contribution in [3.8, 4) is 0 Å². The van der Waals surface area contributed by atoms with Gasteiger partial charge in [-0.3, -0.25) is 9.18 Å². The maximum atomic E-state index is 12.7. The molecule has 2 fully saturated rings. The van der Waals surface area contributed by atoms with E-state index in [0.29, 0.717) is 13.1 Å². The third-order valence-corrected chi connectivity index (χ3v) is 6.24. The molecule has 0 bridgehead atoms. The van der Waals surface area contributed by atoms with Crippen molar-refractivity contribution in [3.05, 3.63) is 35.4 Å². The van der Waals surface area contributed by atoms with E-state index in [9.17, 15) is 9.18 Å². The predicted octanol–water partition coefficient (Wildman–Crippen LogP) is 7.86. The minimum Gasteiger partial charge on any atom is -0.311 e. The highest BCUT2D eigenvalue weighted by Gasteiger charge is 2.31. The van der Waals surface area contributed by atoms with E-state index >= 15 is 0 Å². The van der Waals surface area contributed by atoms with E-state index in [2.05, 4.69) is 25.5 Å². The maximum absolute atomic E-state index is 12.7. The van der Waals surface area contributed by atoms with E-state index in [-0.39, 0.29) is 5.92 Å². The van der Waals surface area contributed by atoms with Gasteiger partial charge in [-0.2, -0.15) is 0 Å². The molecule has 1 amide bonds. The van der Waals surface area contributed by atoms with E-state index in [1.54, 1.807) is 0 Å². The lowest BCUT2D eigenvalue weighted by Gasteiger charge is -2.33. The standard InChI is InChI=1S/C17H28N2OS.C4H8.C3H6.C2H6.CH3F/c1-4-16-14(2)21-13-12-18(3)10-5-6-11-19(16)17(20)15-8-7-9-15;1-3-4-2;1-2-3-1;2*1-2/h4,15H,1,5-13H2,2-3H3;3-4H,1-2H3;1-3H2;1-2H3;1H3/b16-14-;4-3-;;;. The van der Waals surface area contributed by atoms with Crippen LogP contribution >= 0.6 is 11.8 Å². The summed E-state index contributed by atoms with van der Waals surface area (Å²) in [6.07, 6.45) is 15.9. The Bertz CT molecular complexity index is 521. The van der Waals surface area contributed by atoms with Gasteiger partial charge in [0.1, 0.15) is 0 Å². The van der Waals surface area contributed by atoms with Gasteiger partial charge < -0.3 is 9.80 Å². The molecule has 3 rings (SSSR count). The van der Waals surface area contributed by atoms with Crippen molar-refractivity contribution >= 4 is 17.7 Å². The molecule has 0 N–H and O–H groups in total. The van der Waals surface area contributed by atoms with Crippen molar-refractivity contribution in [3.63, 3.8) is 0 Å². The lowest BCUT2D eigenvalue weighted by Crippen LogP contribution is -2.39. The van der Waals surface area contributed by atoms with Crippen molar-refractivity contribution in [2.24, 2.45) is 5.92 Å². The molecule has 2 aliphatic carbocycles. The van der Waals surface area contributed by atoms with Crippen LogP contribution in [0.4, 0.5) is 4.39 Å². The Balaban J connectivity index is 0. The van der Waals surface area contributed by atoms with Gasteiger partial charge in [0.2, 0.25) is 5.91 Å². The molecule has 3 nitrogen and oxygen atoms in total. The predicted molar refractivity (Wildman–Crippen MR) is 144 cm³/mol. The summed E-state index contributed by atoms with van der Waals surface area (Å²) >= 11 is 1.85. The minimum absolute atomic E-state index is 0.255. The van der Waals surface area contributed by atoms with Crippen LogP contribution in [0.1, 0.15) is 86.0 Å². The third kappa shape index (κ3) is 15.7. The van der Waals surface area contributed by atoms with Crippen LogP contribution in [0.2, 0.25) is 0 Å². The van der Waals surface area contributed by atoms with Crippen LogP contribution in [0.25, 0.3) is 0 Å². The van der Waals surface area contributed by atoms with Gasteiger partial charge in [-0.05, 0) is 66.1 Å². The lowest BCUT2D eigenvalue weighted by molar-refractivity contribution is -0.136. The topological polar surface area (TPSA) is 23.6 Å². The first-order chi connectivity index (χ1) is 15.5. The molecule has 0 unspecified atom stereocenters. The summed E-state index contributed by atoms with van der Waals surface area (Å²) in [5, 5.41) is 0. The fraction of sp³-hybridized carbons (Fsp3) is 0.741. The molecule has 0 aromatic rings. The summed E-state index contributed by atoms with van der Waals surface area (Å²) in [6, 6.07) is 0. The number of rotatable bonds is 2. The molecule has 188 valence electrons. The average molecular weight is 471 g/mol. The molecule has 2 saturated carbocycles. The van der Waals surface area contributed by atoms with Crippen molar-refractivity contribution in [1.82, 2.24) is 9.80 Å². The summed E-state index contributed by atoms with van der Waals surface area (Å²) < 4.78 is 9.50. The summed E-state index contributed by atoms with van der Waals surface area (Å²) in [5.41, 5.74) is 1.04. The smallest absolute Gasteiger partial charge is 0.230 e. The van der Waals surface area contributed by atoms with Crippen molar-refractivity contribution in [2.75, 3.05) is 39.6 Å². The number of nitrogens with zero attached hydrogens (tertiary/aromatic N) is 2. The molecule has 32 heavy (non-hydrogen) atoms. The number of carbonyl (C=O) groups excluding carboxylic acids is 1. The van der Waals surface area contributed by atoms with Gasteiger partial charge in [0, 0.05) is 29.7 Å². The van der Waals surface area contributed by atoms with Crippen LogP contribution in [-0.4, -0.2) is 55.3 Å². The second-order valence-corrected chi connectivity index (χ2v) is 9.16. The Kier molecular flexibility index (Phi) is 23.9. The Labute approximate surface area is 203 Å². The fourth-order valence-electron chi connectivity index (χ4n) is 2.86. The average Bonchev–Trinajstić information content (AvgIpc) is 3.66. The number of alkyl halides is 1. The second kappa shape index (κ2) is 23.1. The van der Waals surface area contributed by atoms with Crippen LogP contribution in [0.15, 0.2) is 35.4 Å². The zero-order chi connectivity index (χ0) is 24.8. The molecular weight excluding hydrogens is 419 g/mol. The van der Waals surface area contributed by atoms with Gasteiger partial charge in [-0.25, -0.2) is 0 Å². The van der Waals surface area contributed by atoms with Crippen molar-refractivity contribution < 1.29 is 9.18 Å². The van der Waals surface area contributed by atoms with Gasteiger partial charge in [0.05, 0.1) is 12.9 Å². The van der Waals surface area contributed by atoms with Crippen LogP contribution in [0.3, 0.4) is 0 Å². The first kappa shape index (κ1) is 33.1. The lowest BCUT2D eigenvalue weighted by atomic mass is 9.84. The number of hydrogen-bond acceptors (Lipinski definition) is 3. The normalized spacial score (nSPS) is 21.4. The minimum atomic E-state index is 0.255. The first-order valence-electron chi connectivity index (χ1n) is 12.5. The third-order valence-electron chi connectivity index (χ3n) is 5.22. The van der Waals surface area contributed by atoms with Crippen LogP contribution in [0, 0.1) is 5.92 Å². The Morgan fingerprint density at radius 3 is 1.91 bits per heavy atom. The van der Waals surface area contributed by atoms with Crippen LogP contribution in [-0.2, 0) is 4.79 Å². The van der Waals surface area contributed by atoms with Gasteiger partial charge in [0.25, 0.3) is 0 Å². The SMILES string of the molecule is C/C=C\C.C1CC1.C=C/C1=C(\C)SCCN(C)CCCCN1C(=O)C1CCC1.CC.CF. The summed E-state index contributed by atoms with van der Waals surface area (Å²) in [6.45, 7) is 17.1. The first-order valence-corrected chi connectivity index (χ1v) is 13.4. The number of halogens is 1. The highest BCUT2D eigenvalue weighted by atomic mass is 32.2. The van der Waals surface area contributed by atoms with Crippen molar-refractivity contribution in [1.29, 1.82) is 0 Å². The van der Waals surface area contributed by atoms with Crippen LogP contribution in [0.5, 0.6) is 0 Å². The molecule has 5 heteroatoms. The fourth-order valence-corrected chi connectivity index (χ4v) is 3.91. The molecule has 0 spiro atoms. The molecule has 1 heterocycles. The zero-order valence-electron chi connectivity index (χ0n) is 22.1. The molecule has 1 aliphatic heterocycles. The zero-order valence-corrected chi connectivity index (χ0v) is 22.9. The Hall–Kier alpha value is -1.07. The molecule has 0 atom stereocenters. The van der Waals surface area contributed by atoms with Crippen LogP contribution < -0.4 is 0 Å². The quantitative estimate of drug-likeness (QED) is 0.384. The Morgan fingerprint density at radius 1 is 0.969 bits per heavy atom. The number of amides is 1. The number of hydrogen-bond donors (Lipinski definition) is 0. The molecular formula is C27H51FN2OS. The monoisotopic (exact) mass is 470 g/mol. The van der Waals surface area contributed by atoms with E-state index < -0.39 is 0 Å². The Morgan fingerprint density at radius 2 is 1.50 bits per heavy atom.